The molecule has 0 aliphatic carbocycles. The van der Waals surface area contributed by atoms with Crippen LogP contribution in [0.5, 0.6) is 0 Å². The largest absolute Gasteiger partial charge is 0.456 e. The van der Waals surface area contributed by atoms with E-state index < -0.39 is 0 Å². The summed E-state index contributed by atoms with van der Waals surface area (Å²) in [7, 11) is 0. The van der Waals surface area contributed by atoms with Gasteiger partial charge in [0.05, 0.1) is 0 Å². The molecule has 7 aromatic carbocycles. The first kappa shape index (κ1) is 28.6. The molecule has 2 atom stereocenters. The Morgan fingerprint density at radius 3 is 2.14 bits per heavy atom. The summed E-state index contributed by atoms with van der Waals surface area (Å²) in [5.41, 5.74) is 8.89. The summed E-state index contributed by atoms with van der Waals surface area (Å²) in [4.78, 5) is 5.19. The molecule has 6 heteroatoms. The minimum atomic E-state index is -0.273. The molecule has 1 aliphatic rings. The number of nitrogens with one attached hydrogen (secondary N) is 2. The van der Waals surface area contributed by atoms with Crippen molar-refractivity contribution in [3.8, 4) is 11.1 Å². The van der Waals surface area contributed by atoms with Crippen LogP contribution in [-0.2, 0) is 0 Å². The quantitative estimate of drug-likeness (QED) is 0.195. The monoisotopic (exact) mass is 675 g/mol. The maximum atomic E-state index is 6.81. The number of rotatable bonds is 4. The number of benzene rings is 7. The van der Waals surface area contributed by atoms with E-state index in [-0.39, 0.29) is 12.3 Å². The lowest BCUT2D eigenvalue weighted by molar-refractivity contribution is 0.408. The molecule has 11 rings (SSSR count). The Morgan fingerprint density at radius 2 is 1.22 bits per heavy atom. The van der Waals surface area contributed by atoms with Gasteiger partial charge >= 0.3 is 0 Å². The summed E-state index contributed by atoms with van der Waals surface area (Å²) in [6.45, 7) is 0. The molecule has 1 aliphatic heterocycles. The number of aliphatic imine (C=N–C) groups is 1. The normalized spacial score (nSPS) is 16.4. The number of furan rings is 2. The highest BCUT2D eigenvalue weighted by Crippen LogP contribution is 2.42. The number of thiophene rings is 1. The van der Waals surface area contributed by atoms with E-state index in [0.29, 0.717) is 0 Å². The maximum Gasteiger partial charge on any atom is 0.142 e. The van der Waals surface area contributed by atoms with Crippen LogP contribution in [-0.4, -0.2) is 5.84 Å². The topological polar surface area (TPSA) is 62.7 Å². The van der Waals surface area contributed by atoms with Gasteiger partial charge in [0.25, 0.3) is 0 Å². The molecule has 2 N–H and O–H groups in total. The highest BCUT2D eigenvalue weighted by molar-refractivity contribution is 7.26. The van der Waals surface area contributed by atoms with E-state index in [9.17, 15) is 0 Å². The van der Waals surface area contributed by atoms with Crippen LogP contribution in [0.2, 0.25) is 0 Å². The minimum absolute atomic E-state index is 0.271. The van der Waals surface area contributed by atoms with Gasteiger partial charge in [0.15, 0.2) is 0 Å². The highest BCUT2D eigenvalue weighted by Gasteiger charge is 2.28. The van der Waals surface area contributed by atoms with Gasteiger partial charge in [0.2, 0.25) is 0 Å². The van der Waals surface area contributed by atoms with Crippen molar-refractivity contribution in [1.29, 1.82) is 0 Å². The first-order chi connectivity index (χ1) is 25.2. The van der Waals surface area contributed by atoms with Gasteiger partial charge in [-0.05, 0) is 53.1 Å². The summed E-state index contributed by atoms with van der Waals surface area (Å²) in [5.74, 6) is 0.793. The van der Waals surface area contributed by atoms with Gasteiger partial charge in [-0.3, -0.25) is 5.32 Å². The third-order valence-corrected chi connectivity index (χ3v) is 11.4. The van der Waals surface area contributed by atoms with Crippen LogP contribution in [0.1, 0.15) is 29.0 Å². The summed E-state index contributed by atoms with van der Waals surface area (Å²) in [5, 5.41) is 14.5. The number of hydrogen-bond donors (Lipinski definition) is 2. The molecule has 2 unspecified atom stereocenters. The van der Waals surface area contributed by atoms with Crippen LogP contribution >= 0.6 is 11.3 Å². The lowest BCUT2D eigenvalue weighted by Crippen LogP contribution is -2.45. The van der Waals surface area contributed by atoms with Gasteiger partial charge < -0.3 is 14.2 Å². The Morgan fingerprint density at radius 1 is 0.529 bits per heavy atom. The fourth-order valence-corrected chi connectivity index (χ4v) is 8.97. The standard InChI is InChI=1S/C45H29N3O2S/c1-2-10-26(11-3-1)43-46-44(28-21-23-31-30-12-4-6-18-37(30)49-38(31)25-28)48-45(47-43)36-17-9-15-34-32-22-20-27(24-39(32)50-41(34)36)29-14-8-16-35-33-13-5-7-19-40(33)51-42(29)35/h1-25,43,45,47H,(H,46,48). The van der Waals surface area contributed by atoms with Crippen LogP contribution in [0.15, 0.2) is 165 Å². The SMILES string of the molecule is c1ccc(C2N=C(c3ccc4c(c3)oc3ccccc34)NC(c3cccc4c3oc3cc(-c5cccc6c5sc5ccccc56)ccc34)N2)cc1. The average Bonchev–Trinajstić information content (AvgIpc) is 3.88. The van der Waals surface area contributed by atoms with E-state index in [1.807, 2.05) is 35.6 Å². The summed E-state index contributed by atoms with van der Waals surface area (Å²) in [6, 6.07) is 53.2. The van der Waals surface area contributed by atoms with Crippen LogP contribution in [0.25, 0.3) is 75.2 Å². The average molecular weight is 676 g/mol. The molecule has 242 valence electrons. The third-order valence-electron chi connectivity index (χ3n) is 10.2. The van der Waals surface area contributed by atoms with Gasteiger partial charge in [-0.25, -0.2) is 4.99 Å². The first-order valence-corrected chi connectivity index (χ1v) is 18.0. The number of nitrogens with zero attached hydrogens (tertiary/aromatic N) is 1. The molecule has 0 radical (unpaired) electrons. The summed E-state index contributed by atoms with van der Waals surface area (Å²) < 4.78 is 15.7. The molecule has 10 aromatic rings. The Bertz CT molecular complexity index is 3010. The Labute approximate surface area is 296 Å². The van der Waals surface area contributed by atoms with Crippen molar-refractivity contribution in [1.82, 2.24) is 10.6 Å². The predicted octanol–water partition coefficient (Wildman–Crippen LogP) is 11.9. The fraction of sp³-hybridized carbons (Fsp3) is 0.0444. The number of para-hydroxylation sites is 2. The van der Waals surface area contributed by atoms with Crippen LogP contribution in [0.4, 0.5) is 0 Å². The van der Waals surface area contributed by atoms with Crippen molar-refractivity contribution in [3.05, 3.63) is 168 Å². The van der Waals surface area contributed by atoms with Gasteiger partial charge in [-0.1, -0.05) is 115 Å². The van der Waals surface area contributed by atoms with Crippen molar-refractivity contribution in [2.45, 2.75) is 12.3 Å². The second kappa shape index (κ2) is 11.2. The Kier molecular flexibility index (Phi) is 6.26. The lowest BCUT2D eigenvalue weighted by atomic mass is 10.0. The fourth-order valence-electron chi connectivity index (χ4n) is 7.73. The molecule has 0 fully saturated rings. The molecule has 5 nitrogen and oxygen atoms in total. The molecule has 0 amide bonds. The molecule has 0 saturated heterocycles. The van der Waals surface area contributed by atoms with E-state index in [1.54, 1.807) is 0 Å². The second-order valence-electron chi connectivity index (χ2n) is 13.2. The molecular weight excluding hydrogens is 647 g/mol. The number of amidine groups is 1. The third kappa shape index (κ3) is 4.54. The van der Waals surface area contributed by atoms with Gasteiger partial charge in [-0.2, -0.15) is 0 Å². The van der Waals surface area contributed by atoms with Gasteiger partial charge in [0, 0.05) is 52.8 Å². The lowest BCUT2D eigenvalue weighted by Gasteiger charge is -2.32. The molecule has 0 saturated carbocycles. The molecule has 3 aromatic heterocycles. The molecule has 0 bridgehead atoms. The first-order valence-electron chi connectivity index (χ1n) is 17.2. The predicted molar refractivity (Wildman–Crippen MR) is 210 cm³/mol. The maximum absolute atomic E-state index is 6.81. The van der Waals surface area contributed by atoms with E-state index in [4.69, 9.17) is 13.8 Å². The molecule has 4 heterocycles. The second-order valence-corrected chi connectivity index (χ2v) is 14.2. The summed E-state index contributed by atoms with van der Waals surface area (Å²) in [6.07, 6.45) is -0.544. The van der Waals surface area contributed by atoms with Crippen LogP contribution in [0, 0.1) is 0 Å². The molecule has 51 heavy (non-hydrogen) atoms. The van der Waals surface area contributed by atoms with E-state index in [0.717, 1.165) is 72.0 Å². The number of fused-ring (bicyclic) bond motifs is 9. The van der Waals surface area contributed by atoms with Gasteiger partial charge in [-0.15, -0.1) is 11.3 Å². The zero-order valence-corrected chi connectivity index (χ0v) is 28.1. The molecular formula is C45H29N3O2S. The van der Waals surface area contributed by atoms with Crippen molar-refractivity contribution in [2.75, 3.05) is 0 Å². The van der Waals surface area contributed by atoms with E-state index >= 15 is 0 Å². The Balaban J connectivity index is 1.02. The Hall–Kier alpha value is -6.21. The number of hydrogen-bond acceptors (Lipinski definition) is 6. The highest BCUT2D eigenvalue weighted by atomic mass is 32.1. The summed E-state index contributed by atoms with van der Waals surface area (Å²) >= 11 is 1.85. The van der Waals surface area contributed by atoms with Crippen molar-refractivity contribution >= 4 is 81.2 Å². The smallest absolute Gasteiger partial charge is 0.142 e. The van der Waals surface area contributed by atoms with Gasteiger partial charge in [0.1, 0.15) is 40.5 Å². The zero-order chi connectivity index (χ0) is 33.5. The minimum Gasteiger partial charge on any atom is -0.456 e. The van der Waals surface area contributed by atoms with E-state index in [1.165, 1.54) is 25.7 Å². The van der Waals surface area contributed by atoms with Crippen LogP contribution < -0.4 is 10.6 Å². The van der Waals surface area contributed by atoms with Crippen molar-refractivity contribution in [3.63, 3.8) is 0 Å². The zero-order valence-electron chi connectivity index (χ0n) is 27.3. The van der Waals surface area contributed by atoms with Crippen molar-refractivity contribution in [2.24, 2.45) is 4.99 Å². The van der Waals surface area contributed by atoms with E-state index in [2.05, 4.69) is 138 Å². The van der Waals surface area contributed by atoms with Crippen molar-refractivity contribution < 1.29 is 8.83 Å². The molecule has 0 spiro atoms. The van der Waals surface area contributed by atoms with Crippen LogP contribution in [0.3, 0.4) is 0 Å².